The first-order chi connectivity index (χ1) is 15.9. The zero-order chi connectivity index (χ0) is 24.8. The summed E-state index contributed by atoms with van der Waals surface area (Å²) in [4.78, 5) is 7.68. The molecule has 4 aromatic rings. The van der Waals surface area contributed by atoms with Crippen LogP contribution in [0.2, 0.25) is 5.28 Å². The molecule has 0 amide bonds. The predicted molar refractivity (Wildman–Crippen MR) is 107 cm³/mol. The molecule has 3 aromatic heterocycles. The SMILES string of the molecule is COc1cc(C(F)(F)F)nn1-c1ccc(Cn2c(=N)n(CC(F)(F)F)c3cnc(Cl)nc32)cc1. The van der Waals surface area contributed by atoms with Crippen molar-refractivity contribution in [2.75, 3.05) is 7.11 Å². The van der Waals surface area contributed by atoms with Crippen LogP contribution in [-0.2, 0) is 19.3 Å². The first-order valence-corrected chi connectivity index (χ1v) is 9.78. The van der Waals surface area contributed by atoms with E-state index in [-0.39, 0.29) is 34.6 Å². The summed E-state index contributed by atoms with van der Waals surface area (Å²) in [6.07, 6.45) is -8.14. The summed E-state index contributed by atoms with van der Waals surface area (Å²) in [6.45, 7) is -1.47. The molecule has 15 heteroatoms. The van der Waals surface area contributed by atoms with Crippen LogP contribution in [0.4, 0.5) is 26.3 Å². The zero-order valence-corrected chi connectivity index (χ0v) is 17.9. The van der Waals surface area contributed by atoms with E-state index < -0.39 is 30.2 Å². The average Bonchev–Trinajstić information content (AvgIpc) is 3.29. The highest BCUT2D eigenvalue weighted by Gasteiger charge is 2.35. The standard InChI is InChI=1S/C19H14ClF6N7O/c1-34-14-6-13(19(24,25)26)30-33(14)11-4-2-10(3-5-11)8-31-15-12(7-28-16(20)29-15)32(17(31)27)9-18(21,22)23/h2-7,27H,8-9H2,1H3. The number of aromatic nitrogens is 6. The molecule has 0 aliphatic carbocycles. The Kier molecular flexibility index (Phi) is 5.79. The third-order valence-electron chi connectivity index (χ3n) is 4.81. The maximum Gasteiger partial charge on any atom is 0.435 e. The Bertz CT molecular complexity index is 1400. The van der Waals surface area contributed by atoms with Crippen molar-refractivity contribution in [3.05, 3.63) is 58.7 Å². The lowest BCUT2D eigenvalue weighted by molar-refractivity contribution is -0.141. The van der Waals surface area contributed by atoms with Gasteiger partial charge in [-0.05, 0) is 29.3 Å². The summed E-state index contributed by atoms with van der Waals surface area (Å²) in [5, 5.41) is 11.6. The van der Waals surface area contributed by atoms with Gasteiger partial charge in [0.25, 0.3) is 0 Å². The van der Waals surface area contributed by atoms with Crippen LogP contribution in [0.1, 0.15) is 11.3 Å². The Morgan fingerprint density at radius 2 is 1.74 bits per heavy atom. The van der Waals surface area contributed by atoms with Crippen molar-refractivity contribution in [1.82, 2.24) is 28.9 Å². The van der Waals surface area contributed by atoms with E-state index in [4.69, 9.17) is 21.7 Å². The van der Waals surface area contributed by atoms with Gasteiger partial charge in [-0.15, -0.1) is 0 Å². The number of rotatable bonds is 5. The first-order valence-electron chi connectivity index (χ1n) is 9.41. The summed E-state index contributed by atoms with van der Waals surface area (Å²) in [5.74, 6) is -0.135. The Hall–Kier alpha value is -3.55. The second-order valence-corrected chi connectivity index (χ2v) is 7.44. The number of fused-ring (bicyclic) bond motifs is 1. The summed E-state index contributed by atoms with van der Waals surface area (Å²) in [5.41, 5.74) is -0.804. The van der Waals surface area contributed by atoms with Gasteiger partial charge in [-0.25, -0.2) is 9.67 Å². The highest BCUT2D eigenvalue weighted by atomic mass is 35.5. The van der Waals surface area contributed by atoms with Crippen LogP contribution in [0.5, 0.6) is 5.88 Å². The van der Waals surface area contributed by atoms with Crippen molar-refractivity contribution in [3.8, 4) is 11.6 Å². The number of benzene rings is 1. The lowest BCUT2D eigenvalue weighted by Gasteiger charge is -2.09. The second-order valence-electron chi connectivity index (χ2n) is 7.11. The fourth-order valence-electron chi connectivity index (χ4n) is 3.34. The molecular weight excluding hydrogens is 492 g/mol. The molecular formula is C19H14ClF6N7O. The Morgan fingerprint density at radius 1 is 1.06 bits per heavy atom. The van der Waals surface area contributed by atoms with E-state index in [1.807, 2.05) is 0 Å². The maximum absolute atomic E-state index is 13.0. The molecule has 0 saturated carbocycles. The smallest absolute Gasteiger partial charge is 0.435 e. The molecule has 0 unspecified atom stereocenters. The Balaban J connectivity index is 1.71. The number of imidazole rings is 1. The van der Waals surface area contributed by atoms with E-state index in [2.05, 4.69) is 15.1 Å². The fourth-order valence-corrected chi connectivity index (χ4v) is 3.47. The van der Waals surface area contributed by atoms with E-state index in [0.717, 1.165) is 16.9 Å². The molecule has 0 spiro atoms. The lowest BCUT2D eigenvalue weighted by Crippen LogP contribution is -2.30. The lowest BCUT2D eigenvalue weighted by atomic mass is 10.2. The van der Waals surface area contributed by atoms with Crippen molar-refractivity contribution in [3.63, 3.8) is 0 Å². The van der Waals surface area contributed by atoms with Gasteiger partial charge < -0.3 is 4.74 Å². The first kappa shape index (κ1) is 23.6. The van der Waals surface area contributed by atoms with E-state index in [1.54, 1.807) is 0 Å². The third kappa shape index (κ3) is 4.58. The molecule has 3 heterocycles. The highest BCUT2D eigenvalue weighted by molar-refractivity contribution is 6.28. The average molecular weight is 506 g/mol. The number of nitrogens with zero attached hydrogens (tertiary/aromatic N) is 6. The fraction of sp³-hybridized carbons (Fsp3) is 0.263. The molecule has 0 bridgehead atoms. The van der Waals surface area contributed by atoms with Crippen molar-refractivity contribution in [2.24, 2.45) is 0 Å². The summed E-state index contributed by atoms with van der Waals surface area (Å²) >= 11 is 5.81. The highest BCUT2D eigenvalue weighted by Crippen LogP contribution is 2.32. The predicted octanol–water partition coefficient (Wildman–Crippen LogP) is 4.19. The minimum atomic E-state index is -4.66. The van der Waals surface area contributed by atoms with Crippen LogP contribution in [0.3, 0.4) is 0 Å². The monoisotopic (exact) mass is 505 g/mol. The van der Waals surface area contributed by atoms with Gasteiger partial charge in [-0.1, -0.05) is 12.1 Å². The molecule has 0 aliphatic rings. The Morgan fingerprint density at radius 3 is 2.32 bits per heavy atom. The number of nitrogens with one attached hydrogen (secondary N) is 1. The molecule has 180 valence electrons. The normalized spacial score (nSPS) is 12.5. The molecule has 1 aromatic carbocycles. The van der Waals surface area contributed by atoms with Crippen LogP contribution in [-0.4, -0.2) is 42.2 Å². The molecule has 0 saturated heterocycles. The van der Waals surface area contributed by atoms with E-state index in [9.17, 15) is 26.3 Å². The summed E-state index contributed by atoms with van der Waals surface area (Å²) in [7, 11) is 1.21. The second kappa shape index (κ2) is 8.34. The van der Waals surface area contributed by atoms with Crippen LogP contribution in [0, 0.1) is 5.41 Å². The number of hydrogen-bond donors (Lipinski definition) is 1. The number of alkyl halides is 6. The van der Waals surface area contributed by atoms with Crippen molar-refractivity contribution in [2.45, 2.75) is 25.4 Å². The molecule has 0 fully saturated rings. The number of halogens is 7. The maximum atomic E-state index is 13.0. The van der Waals surface area contributed by atoms with Crippen LogP contribution in [0.25, 0.3) is 16.9 Å². The molecule has 4 rings (SSSR count). The van der Waals surface area contributed by atoms with Gasteiger partial charge in [-0.2, -0.15) is 36.4 Å². The topological polar surface area (TPSA) is 86.5 Å². The van der Waals surface area contributed by atoms with Crippen LogP contribution < -0.4 is 10.4 Å². The van der Waals surface area contributed by atoms with E-state index >= 15 is 0 Å². The van der Waals surface area contributed by atoms with E-state index in [1.165, 1.54) is 35.9 Å². The molecule has 8 nitrogen and oxygen atoms in total. The summed E-state index contributed by atoms with van der Waals surface area (Å²) in [6, 6.07) is 6.75. The van der Waals surface area contributed by atoms with Crippen molar-refractivity contribution >= 4 is 22.8 Å². The van der Waals surface area contributed by atoms with Gasteiger partial charge >= 0.3 is 12.4 Å². The van der Waals surface area contributed by atoms with Gasteiger partial charge in [0.2, 0.25) is 16.8 Å². The van der Waals surface area contributed by atoms with Gasteiger partial charge in [0.05, 0.1) is 25.5 Å². The number of hydrogen-bond acceptors (Lipinski definition) is 5. The largest absolute Gasteiger partial charge is 0.481 e. The molecule has 0 atom stereocenters. The van der Waals surface area contributed by atoms with Crippen LogP contribution >= 0.6 is 11.6 Å². The zero-order valence-electron chi connectivity index (χ0n) is 17.1. The van der Waals surface area contributed by atoms with Gasteiger partial charge in [-0.3, -0.25) is 14.5 Å². The molecule has 0 aliphatic heterocycles. The number of ether oxygens (including phenoxy) is 1. The third-order valence-corrected chi connectivity index (χ3v) is 5.00. The number of methoxy groups -OCH3 is 1. The minimum absolute atomic E-state index is 0.0238. The molecule has 0 radical (unpaired) electrons. The molecule has 34 heavy (non-hydrogen) atoms. The van der Waals surface area contributed by atoms with Crippen molar-refractivity contribution in [1.29, 1.82) is 5.41 Å². The van der Waals surface area contributed by atoms with E-state index in [0.29, 0.717) is 10.1 Å². The van der Waals surface area contributed by atoms with Gasteiger partial charge in [0, 0.05) is 6.07 Å². The van der Waals surface area contributed by atoms with Crippen LogP contribution in [0.15, 0.2) is 36.5 Å². The van der Waals surface area contributed by atoms with Gasteiger partial charge in [0.1, 0.15) is 12.1 Å². The van der Waals surface area contributed by atoms with Gasteiger partial charge in [0.15, 0.2) is 11.3 Å². The quantitative estimate of drug-likeness (QED) is 0.325. The van der Waals surface area contributed by atoms with Crippen molar-refractivity contribution < 1.29 is 31.1 Å². The summed E-state index contributed by atoms with van der Waals surface area (Å²) < 4.78 is 86.0. The Labute approximate surface area is 191 Å². The minimum Gasteiger partial charge on any atom is -0.481 e. The molecule has 1 N–H and O–H groups in total.